The summed E-state index contributed by atoms with van der Waals surface area (Å²) in [5.74, 6) is -0.146. The van der Waals surface area contributed by atoms with Crippen LogP contribution >= 0.6 is 22.9 Å². The molecule has 0 atom stereocenters. The van der Waals surface area contributed by atoms with Gasteiger partial charge < -0.3 is 9.47 Å². The molecule has 3 rings (SSSR count). The smallest absolute Gasteiger partial charge is 0.269 e. The van der Waals surface area contributed by atoms with E-state index < -0.39 is 11.4 Å². The first-order valence-corrected chi connectivity index (χ1v) is 9.60. The van der Waals surface area contributed by atoms with Crippen LogP contribution < -0.4 is 14.8 Å². The zero-order valence-electron chi connectivity index (χ0n) is 15.5. The molecular formula is C20H18ClFN2O3S. The Bertz CT molecular complexity index is 989. The van der Waals surface area contributed by atoms with Crippen molar-refractivity contribution in [1.29, 1.82) is 0 Å². The number of benzene rings is 2. The molecule has 0 saturated carbocycles. The molecule has 0 fully saturated rings. The molecule has 1 heterocycles. The highest BCUT2D eigenvalue weighted by Gasteiger charge is 2.30. The highest BCUT2D eigenvalue weighted by Crippen LogP contribution is 2.29. The number of amides is 1. The highest BCUT2D eigenvalue weighted by molar-refractivity contribution is 7.14. The summed E-state index contributed by atoms with van der Waals surface area (Å²) in [6, 6.07) is 11.3. The van der Waals surface area contributed by atoms with Gasteiger partial charge in [-0.3, -0.25) is 10.1 Å². The number of halogens is 2. The van der Waals surface area contributed by atoms with Gasteiger partial charge in [-0.15, -0.1) is 11.3 Å². The third-order valence-corrected chi connectivity index (χ3v) is 4.92. The summed E-state index contributed by atoms with van der Waals surface area (Å²) in [6.45, 7) is 3.31. The van der Waals surface area contributed by atoms with Crippen molar-refractivity contribution in [2.45, 2.75) is 19.4 Å². The third-order valence-electron chi connectivity index (χ3n) is 3.91. The van der Waals surface area contributed by atoms with Crippen LogP contribution in [0.3, 0.4) is 0 Å². The van der Waals surface area contributed by atoms with E-state index in [9.17, 15) is 9.18 Å². The quantitative estimate of drug-likeness (QED) is 0.579. The fourth-order valence-corrected chi connectivity index (χ4v) is 3.22. The van der Waals surface area contributed by atoms with Crippen molar-refractivity contribution in [3.8, 4) is 22.8 Å². The number of anilines is 1. The van der Waals surface area contributed by atoms with Crippen LogP contribution in [0.5, 0.6) is 11.5 Å². The van der Waals surface area contributed by atoms with Gasteiger partial charge in [-0.1, -0.05) is 11.6 Å². The molecule has 0 unspecified atom stereocenters. The van der Waals surface area contributed by atoms with Gasteiger partial charge in [0.2, 0.25) is 0 Å². The van der Waals surface area contributed by atoms with E-state index in [0.717, 1.165) is 0 Å². The molecule has 0 aliphatic carbocycles. The minimum Gasteiger partial charge on any atom is -0.494 e. The summed E-state index contributed by atoms with van der Waals surface area (Å²) in [7, 11) is 1.41. The molecule has 146 valence electrons. The van der Waals surface area contributed by atoms with Crippen molar-refractivity contribution in [3.05, 3.63) is 58.7 Å². The molecule has 0 spiro atoms. The fraction of sp³-hybridized carbons (Fsp3) is 0.200. The van der Waals surface area contributed by atoms with E-state index >= 15 is 0 Å². The van der Waals surface area contributed by atoms with Crippen LogP contribution in [0.15, 0.2) is 47.8 Å². The Morgan fingerprint density at radius 1 is 1.21 bits per heavy atom. The lowest BCUT2D eigenvalue weighted by Crippen LogP contribution is -2.42. The normalized spacial score (nSPS) is 11.2. The van der Waals surface area contributed by atoms with Gasteiger partial charge in [-0.2, -0.15) is 0 Å². The first-order chi connectivity index (χ1) is 13.3. The van der Waals surface area contributed by atoms with Crippen LogP contribution in [0.25, 0.3) is 11.3 Å². The first-order valence-electron chi connectivity index (χ1n) is 8.34. The summed E-state index contributed by atoms with van der Waals surface area (Å²) in [4.78, 5) is 17.0. The fourth-order valence-electron chi connectivity index (χ4n) is 2.38. The van der Waals surface area contributed by atoms with Crippen molar-refractivity contribution < 1.29 is 18.7 Å². The number of methoxy groups -OCH3 is 1. The Labute approximate surface area is 171 Å². The number of carbonyl (C=O) groups excluding carboxylic acids is 1. The second-order valence-corrected chi connectivity index (χ2v) is 7.70. The van der Waals surface area contributed by atoms with Crippen LogP contribution in [0.1, 0.15) is 13.8 Å². The zero-order valence-corrected chi connectivity index (χ0v) is 17.0. The molecule has 3 aromatic rings. The maximum Gasteiger partial charge on any atom is 0.269 e. The molecule has 1 aromatic heterocycles. The average Bonchev–Trinajstić information content (AvgIpc) is 3.12. The van der Waals surface area contributed by atoms with E-state index in [1.165, 1.54) is 30.6 Å². The minimum atomic E-state index is -1.13. The molecule has 0 radical (unpaired) electrons. The number of ether oxygens (including phenoxy) is 2. The number of nitrogens with one attached hydrogen (secondary N) is 1. The van der Waals surface area contributed by atoms with E-state index in [2.05, 4.69) is 10.3 Å². The van der Waals surface area contributed by atoms with Crippen LogP contribution in [0, 0.1) is 5.82 Å². The second kappa shape index (κ2) is 8.16. The van der Waals surface area contributed by atoms with Crippen molar-refractivity contribution in [1.82, 2.24) is 4.98 Å². The first kappa shape index (κ1) is 20.1. The maximum absolute atomic E-state index is 13.9. The van der Waals surface area contributed by atoms with Gasteiger partial charge in [0.1, 0.15) is 5.75 Å². The van der Waals surface area contributed by atoms with Crippen LogP contribution in [-0.2, 0) is 4.79 Å². The molecule has 0 bridgehead atoms. The summed E-state index contributed by atoms with van der Waals surface area (Å²) in [6.07, 6.45) is 0. The average molecular weight is 421 g/mol. The summed E-state index contributed by atoms with van der Waals surface area (Å²) in [5.41, 5.74) is 0.0105. The summed E-state index contributed by atoms with van der Waals surface area (Å²) in [5, 5.41) is 5.46. The monoisotopic (exact) mass is 420 g/mol. The van der Waals surface area contributed by atoms with Crippen molar-refractivity contribution in [3.63, 3.8) is 0 Å². The maximum atomic E-state index is 13.9. The van der Waals surface area contributed by atoms with Gasteiger partial charge in [0, 0.05) is 16.0 Å². The van der Waals surface area contributed by atoms with Crippen LogP contribution in [0.4, 0.5) is 9.52 Å². The van der Waals surface area contributed by atoms with Gasteiger partial charge in [0.05, 0.1) is 12.8 Å². The van der Waals surface area contributed by atoms with Gasteiger partial charge in [0.15, 0.2) is 22.3 Å². The Morgan fingerprint density at radius 2 is 1.93 bits per heavy atom. The SMILES string of the molecule is COc1ccc(-c2csc(NC(=O)C(C)(C)Oc3ccc(Cl)cc3)n2)cc1F. The lowest BCUT2D eigenvalue weighted by molar-refractivity contribution is -0.128. The number of thiazole rings is 1. The van der Waals surface area contributed by atoms with E-state index in [1.807, 2.05) is 0 Å². The molecule has 1 amide bonds. The Hall–Kier alpha value is -2.64. The van der Waals surface area contributed by atoms with E-state index in [4.69, 9.17) is 21.1 Å². The van der Waals surface area contributed by atoms with E-state index in [0.29, 0.717) is 27.2 Å². The third kappa shape index (κ3) is 4.61. The lowest BCUT2D eigenvalue weighted by atomic mass is 10.1. The molecule has 0 saturated heterocycles. The number of rotatable bonds is 6. The predicted molar refractivity (Wildman–Crippen MR) is 109 cm³/mol. The molecule has 8 heteroatoms. The number of hydrogen-bond donors (Lipinski definition) is 1. The van der Waals surface area contributed by atoms with E-state index in [-0.39, 0.29) is 11.7 Å². The molecular weight excluding hydrogens is 403 g/mol. The van der Waals surface area contributed by atoms with E-state index in [1.54, 1.807) is 49.6 Å². The predicted octanol–water partition coefficient (Wildman–Crippen LogP) is 5.41. The van der Waals surface area contributed by atoms with Gasteiger partial charge in [-0.05, 0) is 56.3 Å². The molecule has 1 N–H and O–H groups in total. The number of nitrogens with zero attached hydrogens (tertiary/aromatic N) is 1. The summed E-state index contributed by atoms with van der Waals surface area (Å²) < 4.78 is 24.6. The topological polar surface area (TPSA) is 60.5 Å². The van der Waals surface area contributed by atoms with Crippen molar-refractivity contribution >= 4 is 34.0 Å². The van der Waals surface area contributed by atoms with Gasteiger partial charge >= 0.3 is 0 Å². The van der Waals surface area contributed by atoms with Crippen molar-refractivity contribution in [2.75, 3.05) is 12.4 Å². The zero-order chi connectivity index (χ0) is 20.3. The standard InChI is InChI=1S/C20H18ClFN2O3S/c1-20(2,27-14-7-5-13(21)6-8-14)18(25)24-19-23-16(11-28-19)12-4-9-17(26-3)15(22)10-12/h4-11H,1-3H3,(H,23,24,25). The number of aromatic nitrogens is 1. The Morgan fingerprint density at radius 3 is 2.57 bits per heavy atom. The Kier molecular flexibility index (Phi) is 5.86. The molecule has 0 aliphatic rings. The van der Waals surface area contributed by atoms with Gasteiger partial charge in [0.25, 0.3) is 5.91 Å². The molecule has 28 heavy (non-hydrogen) atoms. The molecule has 0 aliphatic heterocycles. The lowest BCUT2D eigenvalue weighted by Gasteiger charge is -2.24. The molecule has 5 nitrogen and oxygen atoms in total. The number of carbonyl (C=O) groups is 1. The van der Waals surface area contributed by atoms with Gasteiger partial charge in [-0.25, -0.2) is 9.37 Å². The summed E-state index contributed by atoms with van der Waals surface area (Å²) >= 11 is 7.10. The Balaban J connectivity index is 1.70. The largest absolute Gasteiger partial charge is 0.494 e. The number of hydrogen-bond acceptors (Lipinski definition) is 5. The van der Waals surface area contributed by atoms with Crippen molar-refractivity contribution in [2.24, 2.45) is 0 Å². The molecule has 2 aromatic carbocycles. The minimum absolute atomic E-state index is 0.161. The highest BCUT2D eigenvalue weighted by atomic mass is 35.5. The van der Waals surface area contributed by atoms with Crippen LogP contribution in [-0.4, -0.2) is 23.6 Å². The van der Waals surface area contributed by atoms with Crippen LogP contribution in [0.2, 0.25) is 5.02 Å². The second-order valence-electron chi connectivity index (χ2n) is 6.41.